The van der Waals surface area contributed by atoms with Gasteiger partial charge in [-0.05, 0) is 37.2 Å². The van der Waals surface area contributed by atoms with Gasteiger partial charge in [0.05, 0.1) is 16.7 Å². The first-order valence-electron chi connectivity index (χ1n) is 11.5. The van der Waals surface area contributed by atoms with Crippen LogP contribution in [-0.4, -0.2) is 33.2 Å². The fourth-order valence-electron chi connectivity index (χ4n) is 5.65. The Kier molecular flexibility index (Phi) is 8.66. The van der Waals surface area contributed by atoms with Crippen LogP contribution in [0.15, 0.2) is 30.3 Å². The Balaban J connectivity index is 2.62. The molecule has 0 aliphatic heterocycles. The average molecular weight is 433 g/mol. The highest BCUT2D eigenvalue weighted by Gasteiger charge is 2.67. The topological polar surface area (TPSA) is 112 Å². The summed E-state index contributed by atoms with van der Waals surface area (Å²) >= 11 is 0. The molecule has 0 amide bonds. The van der Waals surface area contributed by atoms with E-state index < -0.39 is 34.7 Å². The molecular formula is C25H36O6. The molecule has 1 aliphatic carbocycles. The molecule has 31 heavy (non-hydrogen) atoms. The zero-order valence-electron chi connectivity index (χ0n) is 18.7. The Morgan fingerprint density at radius 1 is 0.968 bits per heavy atom. The van der Waals surface area contributed by atoms with Gasteiger partial charge in [-0.1, -0.05) is 82.7 Å². The summed E-state index contributed by atoms with van der Waals surface area (Å²) in [4.78, 5) is 38.2. The van der Waals surface area contributed by atoms with Crippen molar-refractivity contribution < 1.29 is 29.7 Å². The predicted octanol–water partition coefficient (Wildman–Crippen LogP) is 5.25. The van der Waals surface area contributed by atoms with Gasteiger partial charge in [-0.15, -0.1) is 0 Å². The zero-order valence-corrected chi connectivity index (χ0v) is 18.7. The van der Waals surface area contributed by atoms with Gasteiger partial charge in [-0.2, -0.15) is 0 Å². The van der Waals surface area contributed by atoms with E-state index in [1.54, 1.807) is 24.3 Å². The molecule has 0 radical (unpaired) electrons. The Bertz CT molecular complexity index is 761. The summed E-state index contributed by atoms with van der Waals surface area (Å²) in [5, 5.41) is 31.2. The molecule has 4 atom stereocenters. The van der Waals surface area contributed by atoms with Crippen LogP contribution >= 0.6 is 0 Å². The Hall–Kier alpha value is -2.37. The molecule has 0 saturated heterocycles. The quantitative estimate of drug-likeness (QED) is 0.416. The van der Waals surface area contributed by atoms with E-state index in [0.717, 1.165) is 31.2 Å². The number of carboxylic acids is 3. The van der Waals surface area contributed by atoms with Gasteiger partial charge in [0.2, 0.25) is 0 Å². The van der Waals surface area contributed by atoms with Crippen LogP contribution in [0.25, 0.3) is 0 Å². The summed E-state index contributed by atoms with van der Waals surface area (Å²) in [7, 11) is 0. The van der Waals surface area contributed by atoms with Crippen molar-refractivity contribution >= 4 is 17.9 Å². The molecule has 3 N–H and O–H groups in total. The first kappa shape index (κ1) is 24.9. The molecule has 1 fully saturated rings. The minimum absolute atomic E-state index is 0.0189. The van der Waals surface area contributed by atoms with Crippen molar-refractivity contribution in [2.24, 2.45) is 22.7 Å². The van der Waals surface area contributed by atoms with E-state index in [0.29, 0.717) is 12.8 Å². The van der Waals surface area contributed by atoms with Crippen molar-refractivity contribution in [1.82, 2.24) is 0 Å². The van der Waals surface area contributed by atoms with E-state index in [2.05, 4.69) is 6.92 Å². The highest BCUT2D eigenvalue weighted by atomic mass is 16.4. The van der Waals surface area contributed by atoms with Crippen molar-refractivity contribution in [3.05, 3.63) is 35.9 Å². The lowest BCUT2D eigenvalue weighted by molar-refractivity contribution is -0.193. The van der Waals surface area contributed by atoms with Crippen molar-refractivity contribution in [3.63, 3.8) is 0 Å². The van der Waals surface area contributed by atoms with Gasteiger partial charge < -0.3 is 15.3 Å². The fourth-order valence-corrected chi connectivity index (χ4v) is 5.65. The third-order valence-corrected chi connectivity index (χ3v) is 7.42. The number of carboxylic acid groups (broad SMARTS) is 3. The smallest absolute Gasteiger partial charge is 0.311 e. The maximum absolute atomic E-state index is 12.9. The van der Waals surface area contributed by atoms with Crippen LogP contribution in [0, 0.1) is 22.7 Å². The van der Waals surface area contributed by atoms with Crippen LogP contribution in [0.2, 0.25) is 0 Å². The van der Waals surface area contributed by atoms with Gasteiger partial charge in [-0.25, -0.2) is 0 Å². The Morgan fingerprint density at radius 3 is 2.13 bits per heavy atom. The molecule has 1 aliphatic rings. The minimum atomic E-state index is -1.85. The molecule has 6 nitrogen and oxygen atoms in total. The molecule has 0 heterocycles. The number of hydrogen-bond donors (Lipinski definition) is 3. The van der Waals surface area contributed by atoms with E-state index in [1.807, 2.05) is 13.0 Å². The Labute approximate surface area is 184 Å². The summed E-state index contributed by atoms with van der Waals surface area (Å²) in [5.74, 6) is -4.87. The normalized spacial score (nSPS) is 25.5. The molecule has 4 unspecified atom stereocenters. The van der Waals surface area contributed by atoms with Crippen LogP contribution < -0.4 is 0 Å². The molecule has 0 aromatic heterocycles. The molecular weight excluding hydrogens is 396 g/mol. The highest BCUT2D eigenvalue weighted by molar-refractivity contribution is 5.91. The van der Waals surface area contributed by atoms with Crippen LogP contribution in [0.4, 0.5) is 0 Å². The van der Waals surface area contributed by atoms with Gasteiger partial charge in [0.15, 0.2) is 0 Å². The number of aliphatic carboxylic acids is 3. The van der Waals surface area contributed by atoms with Crippen LogP contribution in [0.3, 0.4) is 0 Å². The third kappa shape index (κ3) is 4.94. The first-order chi connectivity index (χ1) is 14.7. The molecule has 2 rings (SSSR count). The van der Waals surface area contributed by atoms with Gasteiger partial charge in [0, 0.05) is 0 Å². The van der Waals surface area contributed by atoms with Crippen molar-refractivity contribution in [2.75, 3.05) is 0 Å². The zero-order chi connectivity index (χ0) is 23.1. The summed E-state index contributed by atoms with van der Waals surface area (Å²) in [5.41, 5.74) is -2.79. The maximum atomic E-state index is 12.9. The van der Waals surface area contributed by atoms with Gasteiger partial charge in [-0.3, -0.25) is 14.4 Å². The lowest BCUT2D eigenvalue weighted by atomic mass is 9.48. The largest absolute Gasteiger partial charge is 0.481 e. The number of hydrogen-bond acceptors (Lipinski definition) is 3. The van der Waals surface area contributed by atoms with E-state index in [1.165, 1.54) is 0 Å². The average Bonchev–Trinajstić information content (AvgIpc) is 2.74. The third-order valence-electron chi connectivity index (χ3n) is 7.42. The van der Waals surface area contributed by atoms with E-state index in [4.69, 9.17) is 0 Å². The highest BCUT2D eigenvalue weighted by Crippen LogP contribution is 2.58. The fraction of sp³-hybridized carbons (Fsp3) is 0.640. The molecule has 1 saturated carbocycles. The van der Waals surface area contributed by atoms with Crippen LogP contribution in [0.1, 0.15) is 77.2 Å². The minimum Gasteiger partial charge on any atom is -0.481 e. The second kappa shape index (κ2) is 10.8. The van der Waals surface area contributed by atoms with Crippen LogP contribution in [0.5, 0.6) is 0 Å². The lowest BCUT2D eigenvalue weighted by Crippen LogP contribution is -2.61. The number of carbonyl (C=O) groups is 3. The summed E-state index contributed by atoms with van der Waals surface area (Å²) in [6.45, 7) is 4.05. The number of unbranched alkanes of at least 4 members (excludes halogenated alkanes) is 1. The second-order valence-corrected chi connectivity index (χ2v) is 9.08. The molecule has 6 heteroatoms. The summed E-state index contributed by atoms with van der Waals surface area (Å²) in [6, 6.07) is 8.99. The van der Waals surface area contributed by atoms with E-state index >= 15 is 0 Å². The predicted molar refractivity (Wildman–Crippen MR) is 118 cm³/mol. The monoisotopic (exact) mass is 432 g/mol. The summed E-state index contributed by atoms with van der Waals surface area (Å²) in [6.07, 6.45) is 5.04. The number of rotatable bonds is 12. The lowest BCUT2D eigenvalue weighted by Gasteiger charge is -2.51. The maximum Gasteiger partial charge on any atom is 0.311 e. The summed E-state index contributed by atoms with van der Waals surface area (Å²) < 4.78 is 0. The molecule has 0 spiro atoms. The van der Waals surface area contributed by atoms with E-state index in [-0.39, 0.29) is 31.6 Å². The second-order valence-electron chi connectivity index (χ2n) is 9.08. The number of benzene rings is 1. The van der Waals surface area contributed by atoms with Gasteiger partial charge in [0.1, 0.15) is 0 Å². The van der Waals surface area contributed by atoms with Crippen molar-refractivity contribution in [1.29, 1.82) is 0 Å². The van der Waals surface area contributed by atoms with Gasteiger partial charge >= 0.3 is 17.9 Å². The molecule has 1 aromatic rings. The molecule has 1 aromatic carbocycles. The molecule has 0 bridgehead atoms. The first-order valence-corrected chi connectivity index (χ1v) is 11.5. The Morgan fingerprint density at radius 2 is 1.61 bits per heavy atom. The van der Waals surface area contributed by atoms with Crippen molar-refractivity contribution in [3.8, 4) is 0 Å². The molecule has 172 valence electrons. The van der Waals surface area contributed by atoms with Gasteiger partial charge in [0.25, 0.3) is 0 Å². The standard InChI is InChI=1S/C25H36O6/c1-3-5-11-18(4-2)16-20(21(26)27)25(23(30)31)15-10-9-14-24(25,22(28)29)17-19-12-7-6-8-13-19/h6-8,12-13,18,20H,3-5,9-11,14-17H2,1-2H3,(H,26,27)(H,28,29)(H,30,31). The SMILES string of the molecule is CCCCC(CC)CC(C(=O)O)C1(C(=O)O)CCCCC1(Cc1ccccc1)C(=O)O. The van der Waals surface area contributed by atoms with Crippen LogP contribution in [-0.2, 0) is 20.8 Å². The van der Waals surface area contributed by atoms with E-state index in [9.17, 15) is 29.7 Å². The van der Waals surface area contributed by atoms with Crippen molar-refractivity contribution in [2.45, 2.75) is 78.1 Å².